The Morgan fingerprint density at radius 1 is 1.15 bits per heavy atom. The number of amides is 1. The molecule has 0 saturated carbocycles. The summed E-state index contributed by atoms with van der Waals surface area (Å²) in [6.45, 7) is 10.5. The van der Waals surface area contributed by atoms with E-state index in [4.69, 9.17) is 9.47 Å². The van der Waals surface area contributed by atoms with E-state index in [2.05, 4.69) is 0 Å². The third kappa shape index (κ3) is 2.60. The topological polar surface area (TPSA) is 38.8 Å². The molecule has 110 valence electrons. The number of rotatable bonds is 4. The smallest absolute Gasteiger partial charge is 0.232 e. The van der Waals surface area contributed by atoms with Crippen molar-refractivity contribution in [1.82, 2.24) is 4.90 Å². The molecule has 0 saturated heterocycles. The minimum Gasteiger partial charge on any atom is -0.486 e. The molecule has 0 radical (unpaired) electrons. The maximum absolute atomic E-state index is 12.6. The van der Waals surface area contributed by atoms with E-state index in [1.165, 1.54) is 0 Å². The molecular weight excluding hydrogens is 254 g/mol. The standard InChI is InChI=1S/C16H23NO3/c1-5-17(6-2)15(18)16(3,4)12-7-8-13-14(11-12)20-10-9-19-13/h7-8,11H,5-6,9-10H2,1-4H3. The van der Waals surface area contributed by atoms with E-state index < -0.39 is 5.41 Å². The van der Waals surface area contributed by atoms with Crippen molar-refractivity contribution in [2.24, 2.45) is 0 Å². The first-order valence-electron chi connectivity index (χ1n) is 7.20. The van der Waals surface area contributed by atoms with Gasteiger partial charge in [-0.3, -0.25) is 4.79 Å². The lowest BCUT2D eigenvalue weighted by atomic mass is 9.83. The zero-order chi connectivity index (χ0) is 14.8. The minimum atomic E-state index is -0.568. The quantitative estimate of drug-likeness (QED) is 0.849. The van der Waals surface area contributed by atoms with Crippen molar-refractivity contribution in [3.63, 3.8) is 0 Å². The highest BCUT2D eigenvalue weighted by atomic mass is 16.6. The van der Waals surface area contributed by atoms with Gasteiger partial charge in [0.25, 0.3) is 0 Å². The van der Waals surface area contributed by atoms with Crippen LogP contribution in [0.1, 0.15) is 33.3 Å². The van der Waals surface area contributed by atoms with Crippen LogP contribution >= 0.6 is 0 Å². The minimum absolute atomic E-state index is 0.138. The van der Waals surface area contributed by atoms with Gasteiger partial charge in [-0.05, 0) is 45.4 Å². The van der Waals surface area contributed by atoms with Crippen LogP contribution in [0.15, 0.2) is 18.2 Å². The van der Waals surface area contributed by atoms with E-state index >= 15 is 0 Å². The average Bonchev–Trinajstić information content (AvgIpc) is 2.47. The Kier molecular flexibility index (Phi) is 4.21. The fourth-order valence-electron chi connectivity index (χ4n) is 2.46. The molecule has 0 aliphatic carbocycles. The predicted octanol–water partition coefficient (Wildman–Crippen LogP) is 2.60. The van der Waals surface area contributed by atoms with Gasteiger partial charge in [0.2, 0.25) is 5.91 Å². The van der Waals surface area contributed by atoms with Gasteiger partial charge in [0.05, 0.1) is 5.41 Å². The van der Waals surface area contributed by atoms with Gasteiger partial charge in [-0.15, -0.1) is 0 Å². The zero-order valence-electron chi connectivity index (χ0n) is 12.7. The van der Waals surface area contributed by atoms with Gasteiger partial charge in [-0.25, -0.2) is 0 Å². The molecule has 0 N–H and O–H groups in total. The van der Waals surface area contributed by atoms with Gasteiger partial charge >= 0.3 is 0 Å². The van der Waals surface area contributed by atoms with Crippen molar-refractivity contribution in [3.05, 3.63) is 23.8 Å². The second-order valence-corrected chi connectivity index (χ2v) is 5.46. The van der Waals surface area contributed by atoms with Gasteiger partial charge < -0.3 is 14.4 Å². The summed E-state index contributed by atoms with van der Waals surface area (Å²) in [6, 6.07) is 5.77. The molecule has 1 heterocycles. The summed E-state index contributed by atoms with van der Waals surface area (Å²) in [5, 5.41) is 0. The van der Waals surface area contributed by atoms with Crippen LogP contribution < -0.4 is 9.47 Å². The lowest BCUT2D eigenvalue weighted by Gasteiger charge is -2.31. The molecule has 0 fully saturated rings. The maximum Gasteiger partial charge on any atom is 0.232 e. The first-order valence-corrected chi connectivity index (χ1v) is 7.20. The van der Waals surface area contributed by atoms with Gasteiger partial charge in [-0.1, -0.05) is 6.07 Å². The normalized spacial score (nSPS) is 14.0. The second kappa shape index (κ2) is 5.73. The molecule has 0 atom stereocenters. The Labute approximate surface area is 120 Å². The van der Waals surface area contributed by atoms with E-state index in [0.717, 1.165) is 30.2 Å². The second-order valence-electron chi connectivity index (χ2n) is 5.46. The molecular formula is C16H23NO3. The summed E-state index contributed by atoms with van der Waals surface area (Å²) in [5.41, 5.74) is 0.389. The number of benzene rings is 1. The van der Waals surface area contributed by atoms with Crippen molar-refractivity contribution >= 4 is 5.91 Å². The van der Waals surface area contributed by atoms with Gasteiger partial charge in [0, 0.05) is 13.1 Å². The van der Waals surface area contributed by atoms with Crippen molar-refractivity contribution in [2.75, 3.05) is 26.3 Å². The highest BCUT2D eigenvalue weighted by Gasteiger charge is 2.33. The molecule has 1 aliphatic rings. The summed E-state index contributed by atoms with van der Waals surface area (Å²) in [5.74, 6) is 1.62. The summed E-state index contributed by atoms with van der Waals surface area (Å²) >= 11 is 0. The molecule has 0 spiro atoms. The van der Waals surface area contributed by atoms with E-state index in [0.29, 0.717) is 13.2 Å². The van der Waals surface area contributed by atoms with Crippen LogP contribution in [-0.4, -0.2) is 37.1 Å². The largest absolute Gasteiger partial charge is 0.486 e. The van der Waals surface area contributed by atoms with Crippen LogP contribution in [0.3, 0.4) is 0 Å². The number of hydrogen-bond acceptors (Lipinski definition) is 3. The molecule has 1 aromatic carbocycles. The number of fused-ring (bicyclic) bond motifs is 1. The van der Waals surface area contributed by atoms with Crippen molar-refractivity contribution in [3.8, 4) is 11.5 Å². The molecule has 1 aliphatic heterocycles. The lowest BCUT2D eigenvalue weighted by molar-refractivity contribution is -0.135. The molecule has 0 aromatic heterocycles. The van der Waals surface area contributed by atoms with Crippen LogP contribution in [0, 0.1) is 0 Å². The van der Waals surface area contributed by atoms with Crippen LogP contribution in [0.4, 0.5) is 0 Å². The fourth-order valence-corrected chi connectivity index (χ4v) is 2.46. The third-order valence-electron chi connectivity index (χ3n) is 3.85. The molecule has 1 aromatic rings. The highest BCUT2D eigenvalue weighted by molar-refractivity contribution is 5.87. The van der Waals surface area contributed by atoms with Crippen LogP contribution in [0.25, 0.3) is 0 Å². The zero-order valence-corrected chi connectivity index (χ0v) is 12.7. The molecule has 4 nitrogen and oxygen atoms in total. The Balaban J connectivity index is 2.31. The Hall–Kier alpha value is -1.71. The van der Waals surface area contributed by atoms with E-state index in [1.807, 2.05) is 50.8 Å². The number of ether oxygens (including phenoxy) is 2. The molecule has 1 amide bonds. The summed E-state index contributed by atoms with van der Waals surface area (Å²) in [7, 11) is 0. The van der Waals surface area contributed by atoms with E-state index in [-0.39, 0.29) is 5.91 Å². The monoisotopic (exact) mass is 277 g/mol. The molecule has 0 bridgehead atoms. The number of carbonyl (C=O) groups excluding carboxylic acids is 1. The van der Waals surface area contributed by atoms with Gasteiger partial charge in [0.15, 0.2) is 11.5 Å². The van der Waals surface area contributed by atoms with Gasteiger partial charge in [0.1, 0.15) is 13.2 Å². The summed E-state index contributed by atoms with van der Waals surface area (Å²) < 4.78 is 11.1. The summed E-state index contributed by atoms with van der Waals surface area (Å²) in [6.07, 6.45) is 0. The van der Waals surface area contributed by atoms with E-state index in [9.17, 15) is 4.79 Å². The molecule has 20 heavy (non-hydrogen) atoms. The molecule has 4 heteroatoms. The first-order chi connectivity index (χ1) is 9.50. The maximum atomic E-state index is 12.6. The van der Waals surface area contributed by atoms with Crippen LogP contribution in [-0.2, 0) is 10.2 Å². The average molecular weight is 277 g/mol. The van der Waals surface area contributed by atoms with Gasteiger partial charge in [-0.2, -0.15) is 0 Å². The number of carbonyl (C=O) groups is 1. The fraction of sp³-hybridized carbons (Fsp3) is 0.562. The Morgan fingerprint density at radius 3 is 2.35 bits per heavy atom. The Bertz CT molecular complexity index is 492. The predicted molar refractivity (Wildman–Crippen MR) is 78.4 cm³/mol. The summed E-state index contributed by atoms with van der Waals surface area (Å²) in [4.78, 5) is 14.5. The number of nitrogens with zero attached hydrogens (tertiary/aromatic N) is 1. The van der Waals surface area contributed by atoms with E-state index in [1.54, 1.807) is 0 Å². The number of likely N-dealkylation sites (N-methyl/N-ethyl adjacent to an activating group) is 1. The van der Waals surface area contributed by atoms with Crippen LogP contribution in [0.5, 0.6) is 11.5 Å². The van der Waals surface area contributed by atoms with Crippen LogP contribution in [0.2, 0.25) is 0 Å². The molecule has 0 unspecified atom stereocenters. The number of hydrogen-bond donors (Lipinski definition) is 0. The van der Waals surface area contributed by atoms with Crippen molar-refractivity contribution < 1.29 is 14.3 Å². The molecule has 2 rings (SSSR count). The van der Waals surface area contributed by atoms with Crippen molar-refractivity contribution in [1.29, 1.82) is 0 Å². The lowest BCUT2D eigenvalue weighted by Crippen LogP contribution is -2.43. The first kappa shape index (κ1) is 14.7. The highest BCUT2D eigenvalue weighted by Crippen LogP contribution is 2.35. The third-order valence-corrected chi connectivity index (χ3v) is 3.85. The SMILES string of the molecule is CCN(CC)C(=O)C(C)(C)c1ccc2c(c1)OCCO2. The Morgan fingerprint density at radius 2 is 1.75 bits per heavy atom. The van der Waals surface area contributed by atoms with Crippen molar-refractivity contribution in [2.45, 2.75) is 33.1 Å².